The highest BCUT2D eigenvalue weighted by Gasteiger charge is 2.23. The predicted octanol–water partition coefficient (Wildman–Crippen LogP) is 15.5. The zero-order chi connectivity index (χ0) is 37.0. The first-order chi connectivity index (χ1) is 27.8. The number of hydrogen-bond acceptors (Lipinski definition) is 2. The summed E-state index contributed by atoms with van der Waals surface area (Å²) in [6, 6.07) is 76.6. The Bertz CT molecular complexity index is 3240. The molecular formula is C54H35NO. The van der Waals surface area contributed by atoms with Crippen LogP contribution < -0.4 is 4.90 Å². The van der Waals surface area contributed by atoms with E-state index in [0.717, 1.165) is 55.7 Å². The highest BCUT2D eigenvalue weighted by atomic mass is 16.3. The van der Waals surface area contributed by atoms with E-state index in [1.807, 2.05) is 6.07 Å². The first-order valence-corrected chi connectivity index (χ1v) is 19.2. The highest BCUT2D eigenvalue weighted by molar-refractivity contribution is 6.14. The summed E-state index contributed by atoms with van der Waals surface area (Å²) in [7, 11) is 0. The fraction of sp³-hybridized carbons (Fsp3) is 0. The lowest BCUT2D eigenvalue weighted by molar-refractivity contribution is 0.669. The summed E-state index contributed by atoms with van der Waals surface area (Å²) in [6.45, 7) is 0. The number of furan rings is 1. The van der Waals surface area contributed by atoms with Crippen molar-refractivity contribution in [3.63, 3.8) is 0 Å². The molecule has 11 rings (SSSR count). The van der Waals surface area contributed by atoms with Crippen LogP contribution >= 0.6 is 0 Å². The quantitative estimate of drug-likeness (QED) is 0.160. The Labute approximate surface area is 325 Å². The number of fused-ring (bicyclic) bond motifs is 7. The van der Waals surface area contributed by atoms with Crippen molar-refractivity contribution in [2.45, 2.75) is 0 Å². The molecule has 0 spiro atoms. The molecule has 0 fully saturated rings. The topological polar surface area (TPSA) is 16.4 Å². The van der Waals surface area contributed by atoms with Crippen molar-refractivity contribution in [2.75, 3.05) is 4.90 Å². The maximum atomic E-state index is 6.48. The van der Waals surface area contributed by atoms with Gasteiger partial charge in [-0.2, -0.15) is 0 Å². The molecule has 0 atom stereocenters. The minimum absolute atomic E-state index is 0.862. The summed E-state index contributed by atoms with van der Waals surface area (Å²) in [5, 5.41) is 9.69. The van der Waals surface area contributed by atoms with Gasteiger partial charge in [0.25, 0.3) is 0 Å². The summed E-state index contributed by atoms with van der Waals surface area (Å²) in [5.74, 6) is 0. The molecule has 0 unspecified atom stereocenters. The first kappa shape index (κ1) is 32.0. The molecule has 10 aromatic carbocycles. The van der Waals surface area contributed by atoms with Gasteiger partial charge in [-0.3, -0.25) is 0 Å². The fourth-order valence-electron chi connectivity index (χ4n) is 8.57. The molecule has 0 amide bonds. The van der Waals surface area contributed by atoms with E-state index in [4.69, 9.17) is 4.42 Å². The lowest BCUT2D eigenvalue weighted by Crippen LogP contribution is -2.12. The minimum atomic E-state index is 0.862. The van der Waals surface area contributed by atoms with E-state index >= 15 is 0 Å². The zero-order valence-electron chi connectivity index (χ0n) is 30.6. The number of nitrogens with zero attached hydrogens (tertiary/aromatic N) is 1. The van der Waals surface area contributed by atoms with Gasteiger partial charge >= 0.3 is 0 Å². The van der Waals surface area contributed by atoms with E-state index in [9.17, 15) is 0 Å². The van der Waals surface area contributed by atoms with Gasteiger partial charge in [0.1, 0.15) is 11.2 Å². The molecule has 0 aliphatic heterocycles. The van der Waals surface area contributed by atoms with Crippen LogP contribution in [0.3, 0.4) is 0 Å². The lowest BCUT2D eigenvalue weighted by Gasteiger charge is -2.29. The van der Waals surface area contributed by atoms with Gasteiger partial charge in [0.2, 0.25) is 0 Å². The Hall–Kier alpha value is -7.42. The third-order valence-electron chi connectivity index (χ3n) is 11.2. The van der Waals surface area contributed by atoms with Gasteiger partial charge in [-0.1, -0.05) is 170 Å². The van der Waals surface area contributed by atoms with Gasteiger partial charge < -0.3 is 9.32 Å². The molecule has 11 aromatic rings. The Morgan fingerprint density at radius 2 is 0.929 bits per heavy atom. The minimum Gasteiger partial charge on any atom is -0.456 e. The molecule has 0 bridgehead atoms. The van der Waals surface area contributed by atoms with E-state index in [1.165, 1.54) is 49.0 Å². The Morgan fingerprint density at radius 3 is 1.79 bits per heavy atom. The van der Waals surface area contributed by atoms with Crippen LogP contribution in [0.5, 0.6) is 0 Å². The van der Waals surface area contributed by atoms with E-state index in [0.29, 0.717) is 0 Å². The molecule has 2 nitrogen and oxygen atoms in total. The van der Waals surface area contributed by atoms with Crippen LogP contribution in [-0.4, -0.2) is 0 Å². The molecule has 262 valence electrons. The molecule has 1 heterocycles. The van der Waals surface area contributed by atoms with Crippen LogP contribution in [0, 0.1) is 0 Å². The Morgan fingerprint density at radius 1 is 0.304 bits per heavy atom. The number of anilines is 3. The van der Waals surface area contributed by atoms with E-state index in [2.05, 4.69) is 211 Å². The van der Waals surface area contributed by atoms with Crippen molar-refractivity contribution >= 4 is 71.3 Å². The smallest absolute Gasteiger partial charge is 0.137 e. The average molecular weight is 714 g/mol. The summed E-state index contributed by atoms with van der Waals surface area (Å²) in [4.78, 5) is 2.43. The lowest BCUT2D eigenvalue weighted by atomic mass is 9.93. The van der Waals surface area contributed by atoms with Crippen LogP contribution in [0.15, 0.2) is 217 Å². The number of para-hydroxylation sites is 1. The van der Waals surface area contributed by atoms with Gasteiger partial charge in [0, 0.05) is 16.6 Å². The number of hydrogen-bond donors (Lipinski definition) is 0. The van der Waals surface area contributed by atoms with Crippen LogP contribution in [0.4, 0.5) is 17.1 Å². The zero-order valence-corrected chi connectivity index (χ0v) is 30.6. The average Bonchev–Trinajstić information content (AvgIpc) is 3.66. The Kier molecular flexibility index (Phi) is 7.53. The van der Waals surface area contributed by atoms with Gasteiger partial charge in [-0.05, 0) is 103 Å². The second kappa shape index (κ2) is 13.2. The third-order valence-corrected chi connectivity index (χ3v) is 11.2. The maximum Gasteiger partial charge on any atom is 0.137 e. The molecule has 56 heavy (non-hydrogen) atoms. The van der Waals surface area contributed by atoms with Crippen LogP contribution in [0.25, 0.3) is 87.6 Å². The summed E-state index contributed by atoms with van der Waals surface area (Å²) >= 11 is 0. The molecule has 0 aliphatic rings. The van der Waals surface area contributed by atoms with Crippen LogP contribution in [0.2, 0.25) is 0 Å². The van der Waals surface area contributed by atoms with Crippen molar-refractivity contribution in [3.8, 4) is 33.4 Å². The largest absolute Gasteiger partial charge is 0.456 e. The summed E-state index contributed by atoms with van der Waals surface area (Å²) in [5.41, 5.74) is 12.0. The molecule has 2 heteroatoms. The molecule has 0 saturated heterocycles. The Balaban J connectivity index is 1.14. The monoisotopic (exact) mass is 713 g/mol. The van der Waals surface area contributed by atoms with Gasteiger partial charge in [0.05, 0.1) is 16.8 Å². The third kappa shape index (κ3) is 5.34. The van der Waals surface area contributed by atoms with E-state index < -0.39 is 0 Å². The molecular weight excluding hydrogens is 679 g/mol. The van der Waals surface area contributed by atoms with Crippen LogP contribution in [0.1, 0.15) is 0 Å². The molecule has 0 radical (unpaired) electrons. The van der Waals surface area contributed by atoms with Crippen molar-refractivity contribution in [2.24, 2.45) is 0 Å². The van der Waals surface area contributed by atoms with E-state index in [1.54, 1.807) is 0 Å². The highest BCUT2D eigenvalue weighted by Crippen LogP contribution is 2.47. The number of rotatable bonds is 6. The SMILES string of the molecule is c1ccc(-c2ccc(-c3cccc4ccccc34)cc2N(c2ccc(-c3ccc4c(ccc5ccccc54)c3)cc2)c2cccc3oc4ccccc4c23)cc1. The second-order valence-electron chi connectivity index (χ2n) is 14.5. The van der Waals surface area contributed by atoms with Gasteiger partial charge in [0.15, 0.2) is 0 Å². The molecule has 1 aromatic heterocycles. The fourth-order valence-corrected chi connectivity index (χ4v) is 8.57. The molecule has 0 N–H and O–H groups in total. The second-order valence-corrected chi connectivity index (χ2v) is 14.5. The maximum absolute atomic E-state index is 6.48. The van der Waals surface area contributed by atoms with Crippen molar-refractivity contribution in [3.05, 3.63) is 212 Å². The van der Waals surface area contributed by atoms with Gasteiger partial charge in [-0.25, -0.2) is 0 Å². The van der Waals surface area contributed by atoms with Crippen molar-refractivity contribution in [1.29, 1.82) is 0 Å². The first-order valence-electron chi connectivity index (χ1n) is 19.2. The van der Waals surface area contributed by atoms with Crippen LogP contribution in [-0.2, 0) is 0 Å². The van der Waals surface area contributed by atoms with Crippen molar-refractivity contribution < 1.29 is 4.42 Å². The number of benzene rings is 10. The molecule has 0 aliphatic carbocycles. The van der Waals surface area contributed by atoms with Crippen molar-refractivity contribution in [1.82, 2.24) is 0 Å². The standard InChI is InChI=1S/C54H35NO/c1-2-12-38(13-3-1)48-33-29-42(46-20-10-16-37-14-4-6-17-44(37)46)35-51(48)55(50-21-11-23-53-54(50)49-19-8-9-22-52(49)56-53)43-30-26-36(27-31-43)40-28-32-47-41(34-40)25-24-39-15-5-7-18-45(39)47/h1-35H. The normalized spacial score (nSPS) is 11.6. The van der Waals surface area contributed by atoms with E-state index in [-0.39, 0.29) is 0 Å². The molecule has 0 saturated carbocycles. The predicted molar refractivity (Wildman–Crippen MR) is 237 cm³/mol. The van der Waals surface area contributed by atoms with Gasteiger partial charge in [-0.15, -0.1) is 0 Å². The summed E-state index contributed by atoms with van der Waals surface area (Å²) in [6.07, 6.45) is 0. The summed E-state index contributed by atoms with van der Waals surface area (Å²) < 4.78 is 6.48.